The summed E-state index contributed by atoms with van der Waals surface area (Å²) in [6.07, 6.45) is 0. The molecule has 0 rings (SSSR count). The SMILES string of the molecule is C[B]OCC(=O)O. The first kappa shape index (κ1) is 6.49. The molecule has 1 radical (unpaired) electrons. The maximum Gasteiger partial charge on any atom is 0.327 e. The van der Waals surface area contributed by atoms with Crippen molar-refractivity contribution in [2.75, 3.05) is 6.61 Å². The van der Waals surface area contributed by atoms with Gasteiger partial charge < -0.3 is 9.76 Å². The summed E-state index contributed by atoms with van der Waals surface area (Å²) in [4.78, 5) is 9.61. The number of hydrogen-bond acceptors (Lipinski definition) is 2. The molecular weight excluding hydrogens is 94.8 g/mol. The van der Waals surface area contributed by atoms with Crippen molar-refractivity contribution in [2.45, 2.75) is 6.82 Å². The number of rotatable bonds is 3. The molecule has 0 aromatic heterocycles. The molecule has 0 saturated carbocycles. The molecule has 0 aliphatic carbocycles. The van der Waals surface area contributed by atoms with Crippen LogP contribution in [0.25, 0.3) is 0 Å². The Morgan fingerprint density at radius 2 is 2.57 bits per heavy atom. The summed E-state index contributed by atoms with van der Waals surface area (Å²) in [6, 6.07) is 0. The first-order valence-corrected chi connectivity index (χ1v) is 1.88. The van der Waals surface area contributed by atoms with E-state index in [1.54, 1.807) is 6.82 Å². The van der Waals surface area contributed by atoms with E-state index in [2.05, 4.69) is 4.65 Å². The Balaban J connectivity index is 2.82. The Bertz CT molecular complexity index is 63.2. The molecule has 4 heteroatoms. The summed E-state index contributed by atoms with van der Waals surface area (Å²) < 4.78 is 4.37. The van der Waals surface area contributed by atoms with E-state index in [9.17, 15) is 4.79 Å². The summed E-state index contributed by atoms with van der Waals surface area (Å²) in [7, 11) is 1.34. The molecule has 0 unspecified atom stereocenters. The van der Waals surface area contributed by atoms with E-state index in [0.29, 0.717) is 0 Å². The molecule has 0 spiro atoms. The molecule has 0 fully saturated rings. The van der Waals surface area contributed by atoms with Gasteiger partial charge in [0, 0.05) is 0 Å². The molecule has 3 nitrogen and oxygen atoms in total. The van der Waals surface area contributed by atoms with E-state index in [0.717, 1.165) is 0 Å². The first-order chi connectivity index (χ1) is 3.27. The normalized spacial score (nSPS) is 8.14. The molecule has 0 aliphatic rings. The minimum absolute atomic E-state index is 0.240. The highest BCUT2D eigenvalue weighted by Gasteiger charge is 1.91. The predicted molar refractivity (Wildman–Crippen MR) is 25.2 cm³/mol. The third-order valence-corrected chi connectivity index (χ3v) is 0.373. The molecule has 0 saturated heterocycles. The molecule has 1 N–H and O–H groups in total. The van der Waals surface area contributed by atoms with E-state index in [4.69, 9.17) is 5.11 Å². The summed E-state index contributed by atoms with van der Waals surface area (Å²) >= 11 is 0. The van der Waals surface area contributed by atoms with Crippen molar-refractivity contribution in [3.05, 3.63) is 0 Å². The highest BCUT2D eigenvalue weighted by molar-refractivity contribution is 6.25. The van der Waals surface area contributed by atoms with Crippen LogP contribution in [0.15, 0.2) is 0 Å². The van der Waals surface area contributed by atoms with Crippen molar-refractivity contribution in [3.63, 3.8) is 0 Å². The van der Waals surface area contributed by atoms with Crippen LogP contribution in [0.3, 0.4) is 0 Å². The fourth-order valence-electron chi connectivity index (χ4n) is 0.155. The molecule has 0 atom stereocenters. The molecule has 0 heterocycles. The number of aliphatic carboxylic acids is 1. The lowest BCUT2D eigenvalue weighted by atomic mass is 10.1. The van der Waals surface area contributed by atoms with Gasteiger partial charge in [-0.15, -0.1) is 0 Å². The highest BCUT2D eigenvalue weighted by Crippen LogP contribution is 1.67. The Hall–Kier alpha value is -0.505. The van der Waals surface area contributed by atoms with Crippen molar-refractivity contribution >= 4 is 13.5 Å². The summed E-state index contributed by atoms with van der Waals surface area (Å²) in [5, 5.41) is 7.90. The van der Waals surface area contributed by atoms with Gasteiger partial charge in [-0.25, -0.2) is 4.79 Å². The highest BCUT2D eigenvalue weighted by atomic mass is 16.5. The largest absolute Gasteiger partial charge is 0.480 e. The average Bonchev–Trinajstić information content (AvgIpc) is 1.61. The molecule has 7 heavy (non-hydrogen) atoms. The van der Waals surface area contributed by atoms with E-state index in [-0.39, 0.29) is 6.61 Å². The van der Waals surface area contributed by atoms with Crippen molar-refractivity contribution in [2.24, 2.45) is 0 Å². The quantitative estimate of drug-likeness (QED) is 0.498. The van der Waals surface area contributed by atoms with E-state index >= 15 is 0 Å². The van der Waals surface area contributed by atoms with Crippen LogP contribution in [0.2, 0.25) is 6.82 Å². The number of carboxylic acids is 1. The second-order valence-electron chi connectivity index (χ2n) is 0.940. The zero-order chi connectivity index (χ0) is 5.70. The van der Waals surface area contributed by atoms with Crippen LogP contribution < -0.4 is 0 Å². The predicted octanol–water partition coefficient (Wildman–Crippen LogP) is -0.245. The van der Waals surface area contributed by atoms with E-state index in [1.165, 1.54) is 7.48 Å². The molecular formula is C3H6BO3. The van der Waals surface area contributed by atoms with Gasteiger partial charge in [0.2, 0.25) is 0 Å². The van der Waals surface area contributed by atoms with Crippen LogP contribution >= 0.6 is 0 Å². The molecule has 0 bridgehead atoms. The van der Waals surface area contributed by atoms with Crippen LogP contribution in [0.1, 0.15) is 0 Å². The van der Waals surface area contributed by atoms with Crippen LogP contribution in [0.5, 0.6) is 0 Å². The Morgan fingerprint density at radius 1 is 2.00 bits per heavy atom. The number of hydrogen-bond donors (Lipinski definition) is 1. The molecule has 0 aromatic carbocycles. The van der Waals surface area contributed by atoms with Gasteiger partial charge in [0.25, 0.3) is 7.48 Å². The summed E-state index contributed by atoms with van der Waals surface area (Å²) in [5.41, 5.74) is 0. The molecule has 0 aliphatic heterocycles. The van der Waals surface area contributed by atoms with Crippen LogP contribution in [-0.4, -0.2) is 25.2 Å². The Labute approximate surface area is 42.6 Å². The lowest BCUT2D eigenvalue weighted by Crippen LogP contribution is -2.07. The number of carbonyl (C=O) groups is 1. The van der Waals surface area contributed by atoms with E-state index in [1.807, 2.05) is 0 Å². The maximum absolute atomic E-state index is 9.61. The van der Waals surface area contributed by atoms with Gasteiger partial charge in [0.1, 0.15) is 6.61 Å². The van der Waals surface area contributed by atoms with E-state index < -0.39 is 5.97 Å². The molecule has 39 valence electrons. The standard InChI is InChI=1S/C3H6BO3/c1-4-7-2-3(5)6/h2H2,1H3,(H,5,6). The van der Waals surface area contributed by atoms with Crippen LogP contribution in [0, 0.1) is 0 Å². The van der Waals surface area contributed by atoms with Gasteiger partial charge in [-0.3, -0.25) is 0 Å². The summed E-state index contributed by atoms with van der Waals surface area (Å²) in [5.74, 6) is -0.946. The minimum atomic E-state index is -0.946. The topological polar surface area (TPSA) is 46.5 Å². The van der Waals surface area contributed by atoms with Gasteiger partial charge >= 0.3 is 5.97 Å². The lowest BCUT2D eigenvalue weighted by molar-refractivity contribution is -0.139. The van der Waals surface area contributed by atoms with Gasteiger partial charge in [0.05, 0.1) is 0 Å². The lowest BCUT2D eigenvalue weighted by Gasteiger charge is -1.89. The van der Waals surface area contributed by atoms with Crippen molar-refractivity contribution in [3.8, 4) is 0 Å². The second-order valence-corrected chi connectivity index (χ2v) is 0.940. The average molecular weight is 101 g/mol. The van der Waals surface area contributed by atoms with Gasteiger partial charge in [-0.1, -0.05) is 6.82 Å². The van der Waals surface area contributed by atoms with Crippen molar-refractivity contribution < 1.29 is 14.6 Å². The van der Waals surface area contributed by atoms with Crippen molar-refractivity contribution in [1.29, 1.82) is 0 Å². The third-order valence-electron chi connectivity index (χ3n) is 0.373. The van der Waals surface area contributed by atoms with Crippen LogP contribution in [0.4, 0.5) is 0 Å². The van der Waals surface area contributed by atoms with Crippen LogP contribution in [-0.2, 0) is 9.45 Å². The maximum atomic E-state index is 9.61. The fraction of sp³-hybridized carbons (Fsp3) is 0.667. The zero-order valence-corrected chi connectivity index (χ0v) is 4.05. The molecule has 0 amide bonds. The van der Waals surface area contributed by atoms with Gasteiger partial charge in [0.15, 0.2) is 0 Å². The molecule has 0 aromatic rings. The minimum Gasteiger partial charge on any atom is -0.480 e. The summed E-state index contributed by atoms with van der Waals surface area (Å²) in [6.45, 7) is 1.39. The Kier molecular flexibility index (Phi) is 3.41. The second kappa shape index (κ2) is 3.68. The van der Waals surface area contributed by atoms with Gasteiger partial charge in [-0.05, 0) is 0 Å². The third kappa shape index (κ3) is 5.49. The Morgan fingerprint density at radius 3 is 2.71 bits per heavy atom. The smallest absolute Gasteiger partial charge is 0.327 e. The fourth-order valence-corrected chi connectivity index (χ4v) is 0.155. The monoisotopic (exact) mass is 101 g/mol. The zero-order valence-electron chi connectivity index (χ0n) is 4.05. The number of carboxylic acid groups (broad SMARTS) is 1. The van der Waals surface area contributed by atoms with Crippen molar-refractivity contribution in [1.82, 2.24) is 0 Å². The first-order valence-electron chi connectivity index (χ1n) is 1.88. The van der Waals surface area contributed by atoms with Gasteiger partial charge in [-0.2, -0.15) is 0 Å².